The molecule has 1 atom stereocenters. The van der Waals surface area contributed by atoms with Crippen molar-refractivity contribution in [3.63, 3.8) is 0 Å². The quantitative estimate of drug-likeness (QED) is 0.641. The largest absolute Gasteiger partial charge is 0.469 e. The van der Waals surface area contributed by atoms with Crippen LogP contribution in [0.2, 0.25) is 0 Å². The molecule has 0 aliphatic carbocycles. The number of carbonyl (C=O) groups excluding carboxylic acids is 1. The standard InChI is InChI=1S/C11H22O2S/c1-6-9(2)7-14-8-11(3,4)10(12)13-5/h9H,6-8H2,1-5H3. The van der Waals surface area contributed by atoms with Crippen LogP contribution in [0.3, 0.4) is 0 Å². The third kappa shape index (κ3) is 4.89. The Labute approximate surface area is 91.8 Å². The summed E-state index contributed by atoms with van der Waals surface area (Å²) in [6, 6.07) is 0. The lowest BCUT2D eigenvalue weighted by Crippen LogP contribution is -2.28. The van der Waals surface area contributed by atoms with Crippen molar-refractivity contribution in [2.24, 2.45) is 11.3 Å². The van der Waals surface area contributed by atoms with E-state index < -0.39 is 0 Å². The molecule has 1 unspecified atom stereocenters. The molecule has 0 spiro atoms. The first kappa shape index (κ1) is 13.8. The van der Waals surface area contributed by atoms with E-state index in [9.17, 15) is 4.79 Å². The Morgan fingerprint density at radius 1 is 1.50 bits per heavy atom. The van der Waals surface area contributed by atoms with Gasteiger partial charge in [-0.15, -0.1) is 0 Å². The van der Waals surface area contributed by atoms with E-state index in [1.165, 1.54) is 13.5 Å². The number of thioether (sulfide) groups is 1. The van der Waals surface area contributed by atoms with Crippen LogP contribution >= 0.6 is 11.8 Å². The topological polar surface area (TPSA) is 26.3 Å². The fraction of sp³-hybridized carbons (Fsp3) is 0.909. The maximum Gasteiger partial charge on any atom is 0.312 e. The third-order valence-corrected chi connectivity index (χ3v) is 4.03. The molecule has 0 aliphatic rings. The number of methoxy groups -OCH3 is 1. The Bertz CT molecular complexity index is 178. The van der Waals surface area contributed by atoms with Gasteiger partial charge in [0.1, 0.15) is 0 Å². The van der Waals surface area contributed by atoms with Gasteiger partial charge >= 0.3 is 5.97 Å². The second kappa shape index (κ2) is 6.33. The van der Waals surface area contributed by atoms with E-state index >= 15 is 0 Å². The normalized spacial score (nSPS) is 13.8. The lowest BCUT2D eigenvalue weighted by molar-refractivity contribution is -0.149. The van der Waals surface area contributed by atoms with Crippen molar-refractivity contribution in [3.05, 3.63) is 0 Å². The minimum Gasteiger partial charge on any atom is -0.469 e. The smallest absolute Gasteiger partial charge is 0.312 e. The minimum atomic E-state index is -0.354. The van der Waals surface area contributed by atoms with Crippen LogP contribution in [-0.2, 0) is 9.53 Å². The molecule has 0 bridgehead atoms. The Morgan fingerprint density at radius 2 is 2.07 bits per heavy atom. The summed E-state index contributed by atoms with van der Waals surface area (Å²) in [7, 11) is 1.45. The van der Waals surface area contributed by atoms with E-state index in [0.717, 1.165) is 17.4 Å². The maximum absolute atomic E-state index is 11.3. The Morgan fingerprint density at radius 3 is 2.50 bits per heavy atom. The van der Waals surface area contributed by atoms with Crippen LogP contribution in [0.15, 0.2) is 0 Å². The highest BCUT2D eigenvalue weighted by atomic mass is 32.2. The SMILES string of the molecule is CCC(C)CSCC(C)(C)C(=O)OC. The molecular weight excluding hydrogens is 196 g/mol. The Hall–Kier alpha value is -0.180. The van der Waals surface area contributed by atoms with Gasteiger partial charge in [0.05, 0.1) is 12.5 Å². The van der Waals surface area contributed by atoms with Gasteiger partial charge < -0.3 is 4.74 Å². The fourth-order valence-corrected chi connectivity index (χ4v) is 2.35. The number of esters is 1. The highest BCUT2D eigenvalue weighted by Gasteiger charge is 2.28. The monoisotopic (exact) mass is 218 g/mol. The summed E-state index contributed by atoms with van der Waals surface area (Å²) < 4.78 is 4.75. The molecule has 0 rings (SSSR count). The Balaban J connectivity index is 3.82. The van der Waals surface area contributed by atoms with E-state index in [1.54, 1.807) is 0 Å². The van der Waals surface area contributed by atoms with Gasteiger partial charge in [-0.05, 0) is 25.5 Å². The first-order valence-electron chi connectivity index (χ1n) is 5.10. The van der Waals surface area contributed by atoms with E-state index in [-0.39, 0.29) is 11.4 Å². The molecule has 84 valence electrons. The van der Waals surface area contributed by atoms with Gasteiger partial charge in [0, 0.05) is 5.75 Å². The van der Waals surface area contributed by atoms with Crippen molar-refractivity contribution in [2.45, 2.75) is 34.1 Å². The zero-order chi connectivity index (χ0) is 11.2. The molecule has 0 aromatic heterocycles. The highest BCUT2D eigenvalue weighted by Crippen LogP contribution is 2.24. The number of ether oxygens (including phenoxy) is 1. The zero-order valence-electron chi connectivity index (χ0n) is 9.92. The van der Waals surface area contributed by atoms with Crippen LogP contribution in [0.5, 0.6) is 0 Å². The summed E-state index contributed by atoms with van der Waals surface area (Å²) in [4.78, 5) is 11.3. The molecular formula is C11H22O2S. The van der Waals surface area contributed by atoms with Crippen LogP contribution in [-0.4, -0.2) is 24.6 Å². The number of hydrogen-bond acceptors (Lipinski definition) is 3. The lowest BCUT2D eigenvalue weighted by atomic mass is 9.97. The molecule has 0 aromatic rings. The predicted octanol–water partition coefficient (Wildman–Crippen LogP) is 2.96. The number of carbonyl (C=O) groups is 1. The minimum absolute atomic E-state index is 0.117. The summed E-state index contributed by atoms with van der Waals surface area (Å²) in [6.45, 7) is 8.29. The van der Waals surface area contributed by atoms with Gasteiger partial charge in [-0.3, -0.25) is 4.79 Å². The van der Waals surface area contributed by atoms with Crippen LogP contribution < -0.4 is 0 Å². The van der Waals surface area contributed by atoms with Crippen LogP contribution in [0.4, 0.5) is 0 Å². The van der Waals surface area contributed by atoms with Gasteiger partial charge in [-0.1, -0.05) is 20.3 Å². The molecule has 14 heavy (non-hydrogen) atoms. The highest BCUT2D eigenvalue weighted by molar-refractivity contribution is 7.99. The molecule has 0 aromatic carbocycles. The summed E-state index contributed by atoms with van der Waals surface area (Å²) in [5, 5.41) is 0. The van der Waals surface area contributed by atoms with Gasteiger partial charge in [0.15, 0.2) is 0 Å². The molecule has 3 heteroatoms. The van der Waals surface area contributed by atoms with Crippen molar-refractivity contribution in [1.29, 1.82) is 0 Å². The molecule has 0 N–H and O–H groups in total. The zero-order valence-corrected chi connectivity index (χ0v) is 10.7. The van der Waals surface area contributed by atoms with Crippen molar-refractivity contribution in [1.82, 2.24) is 0 Å². The van der Waals surface area contributed by atoms with E-state index in [2.05, 4.69) is 13.8 Å². The van der Waals surface area contributed by atoms with Crippen LogP contribution in [0.1, 0.15) is 34.1 Å². The van der Waals surface area contributed by atoms with Gasteiger partial charge in [-0.25, -0.2) is 0 Å². The molecule has 0 heterocycles. The second-order valence-electron chi connectivity index (χ2n) is 4.40. The molecule has 0 fully saturated rings. The van der Waals surface area contributed by atoms with Crippen molar-refractivity contribution in [3.8, 4) is 0 Å². The first-order chi connectivity index (χ1) is 6.44. The maximum atomic E-state index is 11.3. The van der Waals surface area contributed by atoms with Gasteiger partial charge in [0.25, 0.3) is 0 Å². The molecule has 0 radical (unpaired) electrons. The molecule has 0 saturated carbocycles. The summed E-state index contributed by atoms with van der Waals surface area (Å²) >= 11 is 1.84. The van der Waals surface area contributed by atoms with E-state index in [1.807, 2.05) is 25.6 Å². The van der Waals surface area contributed by atoms with Gasteiger partial charge in [0.2, 0.25) is 0 Å². The van der Waals surface area contributed by atoms with Crippen molar-refractivity contribution < 1.29 is 9.53 Å². The summed E-state index contributed by atoms with van der Waals surface area (Å²) in [6.07, 6.45) is 1.20. The van der Waals surface area contributed by atoms with Gasteiger partial charge in [-0.2, -0.15) is 11.8 Å². The summed E-state index contributed by atoms with van der Waals surface area (Å²) in [5.74, 6) is 2.57. The second-order valence-corrected chi connectivity index (χ2v) is 5.43. The Kier molecular flexibility index (Phi) is 6.25. The predicted molar refractivity (Wildman–Crippen MR) is 62.6 cm³/mol. The van der Waals surface area contributed by atoms with E-state index in [4.69, 9.17) is 4.74 Å². The van der Waals surface area contributed by atoms with Crippen molar-refractivity contribution in [2.75, 3.05) is 18.6 Å². The molecule has 0 amide bonds. The lowest BCUT2D eigenvalue weighted by Gasteiger charge is -2.21. The summed E-state index contributed by atoms with van der Waals surface area (Å²) in [5.41, 5.74) is -0.354. The number of hydrogen-bond donors (Lipinski definition) is 0. The van der Waals surface area contributed by atoms with E-state index in [0.29, 0.717) is 0 Å². The molecule has 2 nitrogen and oxygen atoms in total. The van der Waals surface area contributed by atoms with Crippen LogP contribution in [0, 0.1) is 11.3 Å². The average molecular weight is 218 g/mol. The fourth-order valence-electron chi connectivity index (χ4n) is 0.968. The van der Waals surface area contributed by atoms with Crippen molar-refractivity contribution >= 4 is 17.7 Å². The van der Waals surface area contributed by atoms with Crippen LogP contribution in [0.25, 0.3) is 0 Å². The number of rotatable bonds is 6. The molecule has 0 saturated heterocycles. The average Bonchev–Trinajstić information content (AvgIpc) is 2.15. The molecule has 0 aliphatic heterocycles. The first-order valence-corrected chi connectivity index (χ1v) is 6.25. The third-order valence-electron chi connectivity index (χ3n) is 2.30.